The van der Waals surface area contributed by atoms with Crippen molar-refractivity contribution in [2.24, 2.45) is 0 Å². The number of nitrogens with zero attached hydrogens (tertiary/aromatic N) is 1. The van der Waals surface area contributed by atoms with E-state index in [9.17, 15) is 18.0 Å². The van der Waals surface area contributed by atoms with Crippen LogP contribution >= 0.6 is 0 Å². The topological polar surface area (TPSA) is 134 Å². The molecule has 31 heavy (non-hydrogen) atoms. The van der Waals surface area contributed by atoms with Crippen molar-refractivity contribution >= 4 is 32.5 Å². The Hall–Kier alpha value is -3.76. The first-order valence-corrected chi connectivity index (χ1v) is 10.8. The molecule has 0 radical (unpaired) electrons. The summed E-state index contributed by atoms with van der Waals surface area (Å²) in [6, 6.07) is 16.0. The van der Waals surface area contributed by atoms with Crippen molar-refractivity contribution in [3.63, 3.8) is 0 Å². The molecule has 4 rings (SSSR count). The molecular formula is C21H18N4O5S. The third-order valence-corrected chi connectivity index (χ3v) is 6.00. The number of aromatic amines is 1. The number of fused-ring (bicyclic) bond motifs is 1. The summed E-state index contributed by atoms with van der Waals surface area (Å²) in [4.78, 5) is 26.2. The Morgan fingerprint density at radius 3 is 2.58 bits per heavy atom. The number of pyridine rings is 1. The zero-order valence-electron chi connectivity index (χ0n) is 16.2. The fourth-order valence-corrected chi connectivity index (χ4v) is 4.05. The van der Waals surface area contributed by atoms with Gasteiger partial charge in [-0.1, -0.05) is 5.16 Å². The number of aromatic nitrogens is 2. The highest BCUT2D eigenvalue weighted by atomic mass is 32.2. The molecule has 0 aliphatic rings. The normalized spacial score (nSPS) is 11.5. The third kappa shape index (κ3) is 4.87. The number of rotatable bonds is 7. The van der Waals surface area contributed by atoms with Gasteiger partial charge in [0.05, 0.1) is 11.1 Å². The Kier molecular flexibility index (Phi) is 5.65. The lowest BCUT2D eigenvalue weighted by atomic mass is 10.1. The molecule has 158 valence electrons. The van der Waals surface area contributed by atoms with Gasteiger partial charge in [-0.05, 0) is 53.9 Å². The maximum absolute atomic E-state index is 12.5. The van der Waals surface area contributed by atoms with E-state index in [-0.39, 0.29) is 29.3 Å². The molecular weight excluding hydrogens is 420 g/mol. The van der Waals surface area contributed by atoms with Crippen LogP contribution in [-0.2, 0) is 14.8 Å². The van der Waals surface area contributed by atoms with E-state index in [1.54, 1.807) is 42.6 Å². The molecule has 2 heterocycles. The van der Waals surface area contributed by atoms with Crippen molar-refractivity contribution in [2.45, 2.75) is 11.3 Å². The summed E-state index contributed by atoms with van der Waals surface area (Å²) in [6.07, 6.45) is 1.51. The number of H-pyrrole nitrogens is 1. The highest BCUT2D eigenvalue weighted by Crippen LogP contribution is 2.21. The first kappa shape index (κ1) is 20.5. The van der Waals surface area contributed by atoms with Crippen LogP contribution in [0.3, 0.4) is 0 Å². The van der Waals surface area contributed by atoms with Crippen molar-refractivity contribution in [3.05, 3.63) is 77.2 Å². The number of carbonyl (C=O) groups is 1. The van der Waals surface area contributed by atoms with E-state index in [1.165, 1.54) is 24.3 Å². The van der Waals surface area contributed by atoms with Gasteiger partial charge in [-0.2, -0.15) is 0 Å². The summed E-state index contributed by atoms with van der Waals surface area (Å²) in [5.74, 6) is 0.290. The first-order valence-electron chi connectivity index (χ1n) is 9.34. The van der Waals surface area contributed by atoms with Crippen LogP contribution in [0.4, 0.5) is 5.69 Å². The van der Waals surface area contributed by atoms with Gasteiger partial charge in [-0.3, -0.25) is 9.59 Å². The molecule has 4 aromatic rings. The summed E-state index contributed by atoms with van der Waals surface area (Å²) in [6.45, 7) is -0.0615. The number of anilines is 1. The molecule has 2 aromatic heterocycles. The van der Waals surface area contributed by atoms with Crippen LogP contribution in [0.2, 0.25) is 0 Å². The highest BCUT2D eigenvalue weighted by molar-refractivity contribution is 7.89. The number of amides is 1. The summed E-state index contributed by atoms with van der Waals surface area (Å²) in [5.41, 5.74) is 1.68. The standard InChI is InChI=1S/C21H18N4O5S/c26-20-8-3-15-13-17(6-7-18(15)25-20)31(28,29)23-12-10-21(27)24-16-4-1-14(2-5-16)19-9-11-22-30-19/h1-9,11,13,23H,10,12H2,(H,24,27)(H,25,26). The van der Waals surface area contributed by atoms with Crippen LogP contribution in [0, 0.1) is 0 Å². The van der Waals surface area contributed by atoms with Gasteiger partial charge in [-0.25, -0.2) is 13.1 Å². The predicted molar refractivity (Wildman–Crippen MR) is 115 cm³/mol. The minimum Gasteiger partial charge on any atom is -0.356 e. The lowest BCUT2D eigenvalue weighted by Crippen LogP contribution is -2.27. The molecule has 0 fully saturated rings. The van der Waals surface area contributed by atoms with Crippen molar-refractivity contribution in [1.29, 1.82) is 0 Å². The van der Waals surface area contributed by atoms with Gasteiger partial charge in [0.1, 0.15) is 0 Å². The van der Waals surface area contributed by atoms with Crippen LogP contribution < -0.4 is 15.6 Å². The monoisotopic (exact) mass is 438 g/mol. The first-order chi connectivity index (χ1) is 14.9. The van der Waals surface area contributed by atoms with Gasteiger partial charge in [0.25, 0.3) is 0 Å². The molecule has 0 saturated heterocycles. The summed E-state index contributed by atoms with van der Waals surface area (Å²) < 4.78 is 32.5. The Labute approximate surface area is 177 Å². The van der Waals surface area contributed by atoms with Crippen molar-refractivity contribution in [1.82, 2.24) is 14.9 Å². The molecule has 0 saturated carbocycles. The Balaban J connectivity index is 1.33. The molecule has 0 aliphatic carbocycles. The lowest BCUT2D eigenvalue weighted by Gasteiger charge is -2.09. The van der Waals surface area contributed by atoms with Crippen molar-refractivity contribution in [3.8, 4) is 11.3 Å². The molecule has 2 aromatic carbocycles. The maximum Gasteiger partial charge on any atom is 0.248 e. The maximum atomic E-state index is 12.5. The Bertz CT molecular complexity index is 1380. The second kappa shape index (κ2) is 8.54. The van der Waals surface area contributed by atoms with Gasteiger partial charge in [0.15, 0.2) is 5.76 Å². The van der Waals surface area contributed by atoms with Gasteiger partial charge in [-0.15, -0.1) is 0 Å². The fraction of sp³-hybridized carbons (Fsp3) is 0.0952. The molecule has 0 atom stereocenters. The molecule has 9 nitrogen and oxygen atoms in total. The second-order valence-corrected chi connectivity index (χ2v) is 8.49. The third-order valence-electron chi connectivity index (χ3n) is 4.54. The Morgan fingerprint density at radius 1 is 1.03 bits per heavy atom. The SMILES string of the molecule is O=C(CCNS(=O)(=O)c1ccc2[nH]c(=O)ccc2c1)Nc1ccc(-c2ccno2)cc1. The van der Waals surface area contributed by atoms with E-state index in [0.29, 0.717) is 22.4 Å². The number of hydrogen-bond donors (Lipinski definition) is 3. The van der Waals surface area contributed by atoms with E-state index in [4.69, 9.17) is 4.52 Å². The van der Waals surface area contributed by atoms with Crippen LogP contribution in [0.25, 0.3) is 22.2 Å². The fourth-order valence-electron chi connectivity index (χ4n) is 2.99. The summed E-state index contributed by atoms with van der Waals surface area (Å²) in [5, 5.41) is 6.96. The highest BCUT2D eigenvalue weighted by Gasteiger charge is 2.15. The quantitative estimate of drug-likeness (QED) is 0.406. The second-order valence-electron chi connectivity index (χ2n) is 6.72. The minimum absolute atomic E-state index is 0.0377. The van der Waals surface area contributed by atoms with E-state index >= 15 is 0 Å². The van der Waals surface area contributed by atoms with Crippen molar-refractivity contribution < 1.29 is 17.7 Å². The molecule has 0 aliphatic heterocycles. The largest absolute Gasteiger partial charge is 0.356 e. The molecule has 3 N–H and O–H groups in total. The van der Waals surface area contributed by atoms with Gasteiger partial charge in [0, 0.05) is 41.9 Å². The molecule has 1 amide bonds. The zero-order valence-corrected chi connectivity index (χ0v) is 17.0. The number of hydrogen-bond acceptors (Lipinski definition) is 6. The average Bonchev–Trinajstić information content (AvgIpc) is 3.28. The zero-order chi connectivity index (χ0) is 21.8. The molecule has 0 unspecified atom stereocenters. The van der Waals surface area contributed by atoms with E-state index in [1.807, 2.05) is 0 Å². The smallest absolute Gasteiger partial charge is 0.248 e. The average molecular weight is 438 g/mol. The molecule has 0 bridgehead atoms. The lowest BCUT2D eigenvalue weighted by molar-refractivity contribution is -0.116. The summed E-state index contributed by atoms with van der Waals surface area (Å²) in [7, 11) is -3.80. The van der Waals surface area contributed by atoms with E-state index in [0.717, 1.165) is 5.56 Å². The van der Waals surface area contributed by atoms with Gasteiger partial charge >= 0.3 is 0 Å². The van der Waals surface area contributed by atoms with Gasteiger partial charge in [0.2, 0.25) is 21.5 Å². The van der Waals surface area contributed by atoms with Crippen LogP contribution in [0.5, 0.6) is 0 Å². The minimum atomic E-state index is -3.80. The van der Waals surface area contributed by atoms with Gasteiger partial charge < -0.3 is 14.8 Å². The summed E-state index contributed by atoms with van der Waals surface area (Å²) >= 11 is 0. The Morgan fingerprint density at radius 2 is 1.84 bits per heavy atom. The van der Waals surface area contributed by atoms with E-state index < -0.39 is 10.0 Å². The molecule has 10 heteroatoms. The van der Waals surface area contributed by atoms with Crippen molar-refractivity contribution in [2.75, 3.05) is 11.9 Å². The number of carbonyl (C=O) groups excluding carboxylic acids is 1. The van der Waals surface area contributed by atoms with Crippen LogP contribution in [-0.4, -0.2) is 31.0 Å². The predicted octanol–water partition coefficient (Wildman–Crippen LogP) is 2.49. The number of nitrogens with one attached hydrogen (secondary N) is 3. The molecule has 0 spiro atoms. The van der Waals surface area contributed by atoms with Crippen LogP contribution in [0.1, 0.15) is 6.42 Å². The number of sulfonamides is 1. The number of benzene rings is 2. The van der Waals surface area contributed by atoms with E-state index in [2.05, 4.69) is 20.2 Å². The van der Waals surface area contributed by atoms with Crippen LogP contribution in [0.15, 0.2) is 81.1 Å².